The van der Waals surface area contributed by atoms with Crippen LogP contribution in [0.3, 0.4) is 0 Å². The van der Waals surface area contributed by atoms with Gasteiger partial charge in [0.1, 0.15) is 0 Å². The molecule has 1 fully saturated rings. The first kappa shape index (κ1) is 16.5. The Labute approximate surface area is 130 Å². The molecule has 2 rings (SSSR count). The van der Waals surface area contributed by atoms with Crippen LogP contribution in [0.1, 0.15) is 48.5 Å². The van der Waals surface area contributed by atoms with E-state index in [4.69, 9.17) is 9.84 Å². The van der Waals surface area contributed by atoms with E-state index in [0.717, 1.165) is 31.2 Å². The second-order valence-corrected chi connectivity index (χ2v) is 5.77. The molecule has 120 valence electrons. The van der Waals surface area contributed by atoms with Crippen molar-refractivity contribution in [2.75, 3.05) is 13.2 Å². The molecule has 2 N–H and O–H groups in total. The zero-order valence-corrected chi connectivity index (χ0v) is 12.9. The van der Waals surface area contributed by atoms with Gasteiger partial charge < -0.3 is 15.2 Å². The molecule has 0 saturated heterocycles. The lowest BCUT2D eigenvalue weighted by Crippen LogP contribution is -2.46. The lowest BCUT2D eigenvalue weighted by molar-refractivity contribution is -0.137. The lowest BCUT2D eigenvalue weighted by Gasteiger charge is -2.40. The van der Waals surface area contributed by atoms with E-state index in [1.165, 1.54) is 0 Å². The lowest BCUT2D eigenvalue weighted by atomic mass is 9.66. The van der Waals surface area contributed by atoms with E-state index < -0.39 is 5.97 Å². The summed E-state index contributed by atoms with van der Waals surface area (Å²) < 4.78 is 5.38. The summed E-state index contributed by atoms with van der Waals surface area (Å²) in [6, 6.07) is 6.57. The summed E-state index contributed by atoms with van der Waals surface area (Å²) in [4.78, 5) is 23.2. The molecule has 0 heterocycles. The molecule has 0 aliphatic heterocycles. The fourth-order valence-electron chi connectivity index (χ4n) is 2.74. The fraction of sp³-hybridized carbons (Fsp3) is 0.529. The first-order valence-corrected chi connectivity index (χ1v) is 7.76. The molecule has 1 aromatic carbocycles. The van der Waals surface area contributed by atoms with Crippen LogP contribution < -0.4 is 5.32 Å². The third-order valence-electron chi connectivity index (χ3n) is 4.38. The van der Waals surface area contributed by atoms with Crippen molar-refractivity contribution in [3.8, 4) is 0 Å². The van der Waals surface area contributed by atoms with Crippen molar-refractivity contribution in [2.24, 2.45) is 5.41 Å². The highest BCUT2D eigenvalue weighted by Gasteiger charge is 2.43. The van der Waals surface area contributed by atoms with E-state index in [0.29, 0.717) is 19.8 Å². The van der Waals surface area contributed by atoms with Gasteiger partial charge in [-0.25, -0.2) is 4.79 Å². The van der Waals surface area contributed by atoms with Gasteiger partial charge in [0.05, 0.1) is 11.0 Å². The van der Waals surface area contributed by atoms with Gasteiger partial charge in [-0.2, -0.15) is 0 Å². The van der Waals surface area contributed by atoms with Crippen LogP contribution >= 0.6 is 0 Å². The van der Waals surface area contributed by atoms with Crippen LogP contribution in [-0.4, -0.2) is 30.2 Å². The first-order valence-electron chi connectivity index (χ1n) is 7.76. The predicted molar refractivity (Wildman–Crippen MR) is 82.6 cm³/mol. The summed E-state index contributed by atoms with van der Waals surface area (Å²) >= 11 is 0. The number of carbonyl (C=O) groups is 2. The Hall–Kier alpha value is -1.88. The predicted octanol–water partition coefficient (Wildman–Crippen LogP) is 2.60. The molecule has 1 amide bonds. The highest BCUT2D eigenvalue weighted by Crippen LogP contribution is 2.44. The Morgan fingerprint density at radius 2 is 1.95 bits per heavy atom. The van der Waals surface area contributed by atoms with E-state index in [-0.39, 0.29) is 16.9 Å². The van der Waals surface area contributed by atoms with Crippen LogP contribution in [0, 0.1) is 5.41 Å². The number of carbonyl (C=O) groups excluding carboxylic acids is 1. The summed E-state index contributed by atoms with van der Waals surface area (Å²) in [6.07, 6.45) is 3.70. The Morgan fingerprint density at radius 3 is 2.45 bits per heavy atom. The Kier molecular flexibility index (Phi) is 5.55. The van der Waals surface area contributed by atoms with E-state index in [1.54, 1.807) is 24.3 Å². The molecule has 0 spiro atoms. The highest BCUT2D eigenvalue weighted by molar-refractivity contribution is 5.87. The average Bonchev–Trinajstić information content (AvgIpc) is 2.48. The van der Waals surface area contributed by atoms with Crippen molar-refractivity contribution in [1.82, 2.24) is 5.32 Å². The number of ether oxygens (including phenoxy) is 1. The number of benzene rings is 1. The van der Waals surface area contributed by atoms with Gasteiger partial charge in [0.15, 0.2) is 0 Å². The van der Waals surface area contributed by atoms with Crippen LogP contribution in [-0.2, 0) is 16.1 Å². The second kappa shape index (κ2) is 7.40. The van der Waals surface area contributed by atoms with Crippen molar-refractivity contribution < 1.29 is 19.4 Å². The van der Waals surface area contributed by atoms with Crippen LogP contribution in [0.4, 0.5) is 0 Å². The molecule has 5 heteroatoms. The molecule has 0 unspecified atom stereocenters. The number of amides is 1. The molecule has 1 aliphatic rings. The van der Waals surface area contributed by atoms with Gasteiger partial charge in [-0.05, 0) is 43.9 Å². The maximum absolute atomic E-state index is 12.4. The minimum atomic E-state index is -0.945. The second-order valence-electron chi connectivity index (χ2n) is 5.77. The van der Waals surface area contributed by atoms with Crippen molar-refractivity contribution >= 4 is 11.9 Å². The first-order chi connectivity index (χ1) is 10.6. The number of hydrogen-bond acceptors (Lipinski definition) is 3. The summed E-state index contributed by atoms with van der Waals surface area (Å²) in [6.45, 7) is 3.67. The van der Waals surface area contributed by atoms with Gasteiger partial charge in [0.25, 0.3) is 0 Å². The average molecular weight is 305 g/mol. The monoisotopic (exact) mass is 305 g/mol. The molecule has 0 bridgehead atoms. The highest BCUT2D eigenvalue weighted by atomic mass is 16.5. The largest absolute Gasteiger partial charge is 0.478 e. The molecule has 0 aromatic heterocycles. The Bertz CT molecular complexity index is 520. The zero-order valence-electron chi connectivity index (χ0n) is 12.9. The molecule has 1 saturated carbocycles. The minimum Gasteiger partial charge on any atom is -0.478 e. The van der Waals surface area contributed by atoms with Crippen molar-refractivity contribution in [3.05, 3.63) is 35.4 Å². The summed E-state index contributed by atoms with van der Waals surface area (Å²) in [7, 11) is 0. The van der Waals surface area contributed by atoms with E-state index in [1.807, 2.05) is 6.92 Å². The molecular weight excluding hydrogens is 282 g/mol. The number of nitrogens with one attached hydrogen (secondary N) is 1. The number of carboxylic acid groups (broad SMARTS) is 1. The van der Waals surface area contributed by atoms with Gasteiger partial charge in [-0.1, -0.05) is 18.6 Å². The van der Waals surface area contributed by atoms with Crippen LogP contribution in [0.15, 0.2) is 24.3 Å². The molecule has 0 atom stereocenters. The number of rotatable bonds is 8. The van der Waals surface area contributed by atoms with Crippen LogP contribution in [0.25, 0.3) is 0 Å². The molecule has 1 aromatic rings. The number of aromatic carboxylic acids is 1. The Morgan fingerprint density at radius 1 is 1.27 bits per heavy atom. The topological polar surface area (TPSA) is 75.6 Å². The smallest absolute Gasteiger partial charge is 0.335 e. The minimum absolute atomic E-state index is 0.0840. The van der Waals surface area contributed by atoms with Gasteiger partial charge >= 0.3 is 5.97 Å². The molecule has 5 nitrogen and oxygen atoms in total. The van der Waals surface area contributed by atoms with Crippen molar-refractivity contribution in [1.29, 1.82) is 0 Å². The van der Waals surface area contributed by atoms with Gasteiger partial charge in [-0.3, -0.25) is 4.79 Å². The van der Waals surface area contributed by atoms with Gasteiger partial charge in [0.2, 0.25) is 5.91 Å². The van der Waals surface area contributed by atoms with Crippen molar-refractivity contribution in [3.63, 3.8) is 0 Å². The van der Waals surface area contributed by atoms with E-state index in [2.05, 4.69) is 5.32 Å². The third kappa shape index (κ3) is 3.85. The Balaban J connectivity index is 1.87. The number of carboxylic acids is 1. The summed E-state index contributed by atoms with van der Waals surface area (Å²) in [5, 5.41) is 11.8. The van der Waals surface area contributed by atoms with Gasteiger partial charge in [0, 0.05) is 19.8 Å². The van der Waals surface area contributed by atoms with E-state index >= 15 is 0 Å². The van der Waals surface area contributed by atoms with E-state index in [9.17, 15) is 9.59 Å². The molecule has 0 radical (unpaired) electrons. The van der Waals surface area contributed by atoms with Crippen molar-refractivity contribution in [2.45, 2.75) is 39.2 Å². The van der Waals surface area contributed by atoms with Crippen LogP contribution in [0.2, 0.25) is 0 Å². The fourth-order valence-corrected chi connectivity index (χ4v) is 2.74. The third-order valence-corrected chi connectivity index (χ3v) is 4.38. The maximum Gasteiger partial charge on any atom is 0.335 e. The zero-order chi connectivity index (χ0) is 16.0. The number of hydrogen-bond donors (Lipinski definition) is 2. The summed E-state index contributed by atoms with van der Waals surface area (Å²) in [5.74, 6) is -0.860. The maximum atomic E-state index is 12.4. The van der Waals surface area contributed by atoms with Crippen LogP contribution in [0.5, 0.6) is 0 Å². The molecular formula is C17H23NO4. The normalized spacial score (nSPS) is 15.9. The molecule has 22 heavy (non-hydrogen) atoms. The standard InChI is InChI=1S/C17H23NO4/c1-2-22-11-10-17(8-3-9-17)16(21)18-12-13-4-6-14(7-5-13)15(19)20/h4-7H,2-3,8-12H2,1H3,(H,18,21)(H,19,20). The quantitative estimate of drug-likeness (QED) is 0.724. The molecule has 1 aliphatic carbocycles. The van der Waals surface area contributed by atoms with Gasteiger partial charge in [-0.15, -0.1) is 0 Å². The SMILES string of the molecule is CCOCCC1(C(=O)NCc2ccc(C(=O)O)cc2)CCC1. The summed E-state index contributed by atoms with van der Waals surface area (Å²) in [5.41, 5.74) is 0.885.